The monoisotopic (exact) mass is 259 g/mol. The SMILES string of the molecule is CCc1ccc(NC(=O)c2nc[nH]c2C(=O)O)cc1. The molecule has 1 aromatic carbocycles. The zero-order valence-electron chi connectivity index (χ0n) is 10.3. The summed E-state index contributed by atoms with van der Waals surface area (Å²) >= 11 is 0. The van der Waals surface area contributed by atoms with Crippen molar-refractivity contribution in [3.05, 3.63) is 47.5 Å². The predicted molar refractivity (Wildman–Crippen MR) is 69.3 cm³/mol. The van der Waals surface area contributed by atoms with Crippen molar-refractivity contribution in [3.63, 3.8) is 0 Å². The highest BCUT2D eigenvalue weighted by molar-refractivity contribution is 6.08. The molecule has 0 aliphatic heterocycles. The first kappa shape index (κ1) is 12.8. The number of carbonyl (C=O) groups excluding carboxylic acids is 1. The van der Waals surface area contributed by atoms with E-state index in [-0.39, 0.29) is 11.4 Å². The number of aromatic amines is 1. The second kappa shape index (κ2) is 5.34. The van der Waals surface area contributed by atoms with Gasteiger partial charge in [-0.25, -0.2) is 9.78 Å². The molecular formula is C13H13N3O3. The zero-order valence-corrected chi connectivity index (χ0v) is 10.3. The minimum atomic E-state index is -1.22. The average molecular weight is 259 g/mol. The van der Waals surface area contributed by atoms with Crippen LogP contribution >= 0.6 is 0 Å². The number of carboxylic acids is 1. The summed E-state index contributed by atoms with van der Waals surface area (Å²) in [5, 5.41) is 11.5. The molecule has 0 aliphatic rings. The summed E-state index contributed by atoms with van der Waals surface area (Å²) in [5.41, 5.74) is 1.40. The van der Waals surface area contributed by atoms with Crippen molar-refractivity contribution >= 4 is 17.6 Å². The van der Waals surface area contributed by atoms with E-state index in [1.807, 2.05) is 19.1 Å². The summed E-state index contributed by atoms with van der Waals surface area (Å²) in [6.07, 6.45) is 2.09. The standard InChI is InChI=1S/C13H13N3O3/c1-2-8-3-5-9(6-4-8)16-12(17)10-11(13(18)19)15-7-14-10/h3-7H,2H2,1H3,(H,14,15)(H,16,17)(H,18,19). The normalized spacial score (nSPS) is 10.2. The van der Waals surface area contributed by atoms with E-state index in [9.17, 15) is 9.59 Å². The van der Waals surface area contributed by atoms with Gasteiger partial charge in [0.1, 0.15) is 0 Å². The van der Waals surface area contributed by atoms with E-state index >= 15 is 0 Å². The van der Waals surface area contributed by atoms with Gasteiger partial charge in [-0.15, -0.1) is 0 Å². The van der Waals surface area contributed by atoms with E-state index in [0.29, 0.717) is 5.69 Å². The van der Waals surface area contributed by atoms with Crippen LogP contribution in [-0.4, -0.2) is 27.0 Å². The number of imidazole rings is 1. The van der Waals surface area contributed by atoms with Gasteiger partial charge in [-0.2, -0.15) is 0 Å². The number of aryl methyl sites for hydroxylation is 1. The molecule has 0 spiro atoms. The largest absolute Gasteiger partial charge is 0.477 e. The number of anilines is 1. The van der Waals surface area contributed by atoms with E-state index in [4.69, 9.17) is 5.11 Å². The molecule has 6 heteroatoms. The number of nitrogens with one attached hydrogen (secondary N) is 2. The van der Waals surface area contributed by atoms with Crippen LogP contribution in [0.1, 0.15) is 33.5 Å². The Balaban J connectivity index is 2.16. The Morgan fingerprint density at radius 1 is 1.32 bits per heavy atom. The Hall–Kier alpha value is -2.63. The van der Waals surface area contributed by atoms with E-state index in [1.165, 1.54) is 6.33 Å². The molecule has 6 nitrogen and oxygen atoms in total. The Morgan fingerprint density at radius 2 is 2.00 bits per heavy atom. The van der Waals surface area contributed by atoms with Crippen LogP contribution in [0.3, 0.4) is 0 Å². The highest BCUT2D eigenvalue weighted by atomic mass is 16.4. The molecule has 19 heavy (non-hydrogen) atoms. The maximum Gasteiger partial charge on any atom is 0.354 e. The van der Waals surface area contributed by atoms with Crippen molar-refractivity contribution in [2.75, 3.05) is 5.32 Å². The summed E-state index contributed by atoms with van der Waals surface area (Å²) in [6.45, 7) is 2.04. The Morgan fingerprint density at radius 3 is 2.58 bits per heavy atom. The molecule has 0 unspecified atom stereocenters. The molecule has 0 fully saturated rings. The molecule has 2 rings (SSSR count). The highest BCUT2D eigenvalue weighted by Crippen LogP contribution is 2.12. The van der Waals surface area contributed by atoms with Gasteiger partial charge in [-0.3, -0.25) is 4.79 Å². The van der Waals surface area contributed by atoms with E-state index < -0.39 is 11.9 Å². The maximum atomic E-state index is 11.9. The maximum absolute atomic E-state index is 11.9. The number of benzene rings is 1. The van der Waals surface area contributed by atoms with Crippen LogP contribution in [0, 0.1) is 0 Å². The van der Waals surface area contributed by atoms with Crippen molar-refractivity contribution < 1.29 is 14.7 Å². The minimum absolute atomic E-state index is 0.132. The van der Waals surface area contributed by atoms with Crippen molar-refractivity contribution in [1.29, 1.82) is 0 Å². The van der Waals surface area contributed by atoms with Crippen molar-refractivity contribution in [2.45, 2.75) is 13.3 Å². The van der Waals surface area contributed by atoms with Crippen molar-refractivity contribution in [2.24, 2.45) is 0 Å². The Bertz CT molecular complexity index is 602. The molecule has 0 aliphatic carbocycles. The third-order valence-electron chi connectivity index (χ3n) is 2.69. The summed E-state index contributed by atoms with van der Waals surface area (Å²) in [5.74, 6) is -1.77. The van der Waals surface area contributed by atoms with E-state index in [2.05, 4.69) is 15.3 Å². The summed E-state index contributed by atoms with van der Waals surface area (Å²) in [4.78, 5) is 28.9. The van der Waals surface area contributed by atoms with Crippen LogP contribution < -0.4 is 5.32 Å². The van der Waals surface area contributed by atoms with Gasteiger partial charge in [0.15, 0.2) is 11.4 Å². The van der Waals surface area contributed by atoms with Gasteiger partial charge in [0.25, 0.3) is 5.91 Å². The van der Waals surface area contributed by atoms with Gasteiger partial charge < -0.3 is 15.4 Å². The van der Waals surface area contributed by atoms with Gasteiger partial charge >= 0.3 is 5.97 Å². The molecular weight excluding hydrogens is 246 g/mol. The first-order valence-electron chi connectivity index (χ1n) is 5.78. The first-order chi connectivity index (χ1) is 9.11. The topological polar surface area (TPSA) is 95.1 Å². The molecule has 0 saturated heterocycles. The number of rotatable bonds is 4. The number of carboxylic acid groups (broad SMARTS) is 1. The smallest absolute Gasteiger partial charge is 0.354 e. The Labute approximate surface area is 109 Å². The third kappa shape index (κ3) is 2.79. The van der Waals surface area contributed by atoms with Gasteiger partial charge in [0, 0.05) is 5.69 Å². The number of H-pyrrole nitrogens is 1. The van der Waals surface area contributed by atoms with Gasteiger partial charge in [0.05, 0.1) is 6.33 Å². The molecule has 0 radical (unpaired) electrons. The molecule has 0 saturated carbocycles. The van der Waals surface area contributed by atoms with Crippen molar-refractivity contribution in [3.8, 4) is 0 Å². The average Bonchev–Trinajstić information content (AvgIpc) is 2.89. The van der Waals surface area contributed by atoms with Crippen LogP contribution in [-0.2, 0) is 6.42 Å². The molecule has 2 aromatic rings. The highest BCUT2D eigenvalue weighted by Gasteiger charge is 2.19. The quantitative estimate of drug-likeness (QED) is 0.781. The summed E-state index contributed by atoms with van der Waals surface area (Å²) < 4.78 is 0. The molecule has 1 amide bonds. The number of hydrogen-bond acceptors (Lipinski definition) is 3. The molecule has 0 atom stereocenters. The minimum Gasteiger partial charge on any atom is -0.477 e. The lowest BCUT2D eigenvalue weighted by atomic mass is 10.1. The van der Waals surface area contributed by atoms with Crippen LogP contribution in [0.5, 0.6) is 0 Å². The molecule has 0 bridgehead atoms. The summed E-state index contributed by atoms with van der Waals surface area (Å²) in [6, 6.07) is 7.34. The number of carbonyl (C=O) groups is 2. The number of hydrogen-bond donors (Lipinski definition) is 3. The Kier molecular flexibility index (Phi) is 3.61. The number of aromatic nitrogens is 2. The second-order valence-corrected chi connectivity index (χ2v) is 3.94. The first-order valence-corrected chi connectivity index (χ1v) is 5.78. The lowest BCUT2D eigenvalue weighted by Crippen LogP contribution is -2.16. The van der Waals surface area contributed by atoms with Gasteiger partial charge in [-0.05, 0) is 24.1 Å². The number of nitrogens with zero attached hydrogens (tertiary/aromatic N) is 1. The van der Waals surface area contributed by atoms with Crippen LogP contribution in [0.25, 0.3) is 0 Å². The van der Waals surface area contributed by atoms with Gasteiger partial charge in [0.2, 0.25) is 0 Å². The third-order valence-corrected chi connectivity index (χ3v) is 2.69. The fraction of sp³-hybridized carbons (Fsp3) is 0.154. The van der Waals surface area contributed by atoms with Crippen LogP contribution in [0.2, 0.25) is 0 Å². The van der Waals surface area contributed by atoms with E-state index in [1.54, 1.807) is 12.1 Å². The fourth-order valence-corrected chi connectivity index (χ4v) is 1.64. The van der Waals surface area contributed by atoms with E-state index in [0.717, 1.165) is 12.0 Å². The lowest BCUT2D eigenvalue weighted by molar-refractivity contribution is 0.0686. The molecule has 98 valence electrons. The van der Waals surface area contributed by atoms with Gasteiger partial charge in [-0.1, -0.05) is 19.1 Å². The number of aromatic carboxylic acids is 1. The predicted octanol–water partition coefficient (Wildman–Crippen LogP) is 1.92. The molecule has 1 aromatic heterocycles. The van der Waals surface area contributed by atoms with Crippen LogP contribution in [0.15, 0.2) is 30.6 Å². The zero-order chi connectivity index (χ0) is 13.8. The molecule has 3 N–H and O–H groups in total. The lowest BCUT2D eigenvalue weighted by Gasteiger charge is -2.04. The fourth-order valence-electron chi connectivity index (χ4n) is 1.64. The second-order valence-electron chi connectivity index (χ2n) is 3.94. The number of amides is 1. The summed E-state index contributed by atoms with van der Waals surface area (Å²) in [7, 11) is 0. The molecule has 1 heterocycles. The van der Waals surface area contributed by atoms with Crippen molar-refractivity contribution in [1.82, 2.24) is 9.97 Å². The van der Waals surface area contributed by atoms with Crippen LogP contribution in [0.4, 0.5) is 5.69 Å².